The lowest BCUT2D eigenvalue weighted by Gasteiger charge is -2.22. The number of carbonyl (C=O) groups is 2. The summed E-state index contributed by atoms with van der Waals surface area (Å²) in [6.45, 7) is 6.06. The van der Waals surface area contributed by atoms with Gasteiger partial charge in [0.15, 0.2) is 0 Å². The molecule has 0 spiro atoms. The molecule has 2 amide bonds. The highest BCUT2D eigenvalue weighted by Crippen LogP contribution is 2.27. The number of rotatable bonds is 5. The molecule has 1 aromatic carbocycles. The van der Waals surface area contributed by atoms with Crippen molar-refractivity contribution in [1.29, 1.82) is 0 Å². The van der Waals surface area contributed by atoms with Crippen LogP contribution >= 0.6 is 0 Å². The van der Waals surface area contributed by atoms with Crippen molar-refractivity contribution >= 4 is 11.8 Å². The van der Waals surface area contributed by atoms with Gasteiger partial charge in [0.2, 0.25) is 5.91 Å². The average Bonchev–Trinajstić information content (AvgIpc) is 3.40. The van der Waals surface area contributed by atoms with Crippen molar-refractivity contribution < 1.29 is 9.59 Å². The quantitative estimate of drug-likeness (QED) is 0.894. The number of benzene rings is 1. The van der Waals surface area contributed by atoms with E-state index < -0.39 is 0 Å². The standard InChI is InChI=1S/C19H27N3O2/c1-15-4-2-5-17(12-15)19(24)22-9-3-8-21(10-11-22)18(23)14-20-13-16-6-7-16/h2,4-5,12,16,20H,3,6-11,13-14H2,1H3. The molecule has 0 bridgehead atoms. The Morgan fingerprint density at radius 3 is 2.62 bits per heavy atom. The Hall–Kier alpha value is -1.88. The van der Waals surface area contributed by atoms with E-state index >= 15 is 0 Å². The zero-order chi connectivity index (χ0) is 16.9. The lowest BCUT2D eigenvalue weighted by atomic mass is 10.1. The van der Waals surface area contributed by atoms with Gasteiger partial charge in [-0.05, 0) is 50.8 Å². The maximum Gasteiger partial charge on any atom is 0.253 e. The van der Waals surface area contributed by atoms with Crippen molar-refractivity contribution in [2.45, 2.75) is 26.2 Å². The third-order valence-electron chi connectivity index (χ3n) is 4.81. The van der Waals surface area contributed by atoms with E-state index in [1.165, 1.54) is 12.8 Å². The normalized spacial score (nSPS) is 18.4. The number of carbonyl (C=O) groups excluding carboxylic acids is 2. The molecule has 24 heavy (non-hydrogen) atoms. The third-order valence-corrected chi connectivity index (χ3v) is 4.81. The molecule has 0 atom stereocenters. The molecule has 1 aromatic rings. The zero-order valence-corrected chi connectivity index (χ0v) is 14.5. The number of hydrogen-bond donors (Lipinski definition) is 1. The van der Waals surface area contributed by atoms with E-state index in [1.807, 2.05) is 41.0 Å². The van der Waals surface area contributed by atoms with Crippen molar-refractivity contribution in [2.24, 2.45) is 5.92 Å². The second-order valence-electron chi connectivity index (χ2n) is 6.97. The molecule has 0 unspecified atom stereocenters. The highest BCUT2D eigenvalue weighted by atomic mass is 16.2. The Morgan fingerprint density at radius 2 is 1.88 bits per heavy atom. The van der Waals surface area contributed by atoms with Gasteiger partial charge in [-0.3, -0.25) is 9.59 Å². The van der Waals surface area contributed by atoms with Crippen LogP contribution in [-0.2, 0) is 4.79 Å². The highest BCUT2D eigenvalue weighted by molar-refractivity contribution is 5.94. The minimum atomic E-state index is 0.0693. The van der Waals surface area contributed by atoms with Gasteiger partial charge in [0.25, 0.3) is 5.91 Å². The molecule has 0 aromatic heterocycles. The minimum absolute atomic E-state index is 0.0693. The van der Waals surface area contributed by atoms with E-state index in [0.717, 1.165) is 36.6 Å². The molecule has 2 fully saturated rings. The van der Waals surface area contributed by atoms with Gasteiger partial charge in [0, 0.05) is 31.7 Å². The molecule has 1 N–H and O–H groups in total. The van der Waals surface area contributed by atoms with Crippen LogP contribution in [0.5, 0.6) is 0 Å². The molecule has 1 heterocycles. The number of amides is 2. The van der Waals surface area contributed by atoms with Crippen LogP contribution in [0.3, 0.4) is 0 Å². The monoisotopic (exact) mass is 329 g/mol. The second kappa shape index (κ2) is 7.79. The molecule has 2 aliphatic rings. The van der Waals surface area contributed by atoms with Crippen LogP contribution in [0.1, 0.15) is 35.2 Å². The van der Waals surface area contributed by atoms with Gasteiger partial charge < -0.3 is 15.1 Å². The van der Waals surface area contributed by atoms with E-state index in [0.29, 0.717) is 26.2 Å². The maximum absolute atomic E-state index is 12.6. The first kappa shape index (κ1) is 17.0. The van der Waals surface area contributed by atoms with Crippen LogP contribution in [0.15, 0.2) is 24.3 Å². The Kier molecular flexibility index (Phi) is 5.51. The van der Waals surface area contributed by atoms with Crippen LogP contribution in [0, 0.1) is 12.8 Å². The Labute approximate surface area is 144 Å². The molecule has 3 rings (SSSR count). The number of nitrogens with one attached hydrogen (secondary N) is 1. The fourth-order valence-electron chi connectivity index (χ4n) is 3.15. The van der Waals surface area contributed by atoms with Crippen LogP contribution in [-0.4, -0.2) is 60.9 Å². The van der Waals surface area contributed by atoms with Crippen LogP contribution in [0.4, 0.5) is 0 Å². The predicted molar refractivity (Wildman–Crippen MR) is 93.9 cm³/mol. The summed E-state index contributed by atoms with van der Waals surface area (Å²) in [5.74, 6) is 1.00. The predicted octanol–water partition coefficient (Wildman–Crippen LogP) is 1.67. The molecule has 5 nitrogen and oxygen atoms in total. The SMILES string of the molecule is Cc1cccc(C(=O)N2CCCN(C(=O)CNCC3CC3)CC2)c1. The molecular weight excluding hydrogens is 302 g/mol. The largest absolute Gasteiger partial charge is 0.340 e. The third kappa shape index (κ3) is 4.57. The van der Waals surface area contributed by atoms with Crippen molar-refractivity contribution in [1.82, 2.24) is 15.1 Å². The number of nitrogens with zero attached hydrogens (tertiary/aromatic N) is 2. The summed E-state index contributed by atoms with van der Waals surface area (Å²) in [6, 6.07) is 7.71. The molecule has 1 aliphatic carbocycles. The Bertz CT molecular complexity index is 598. The van der Waals surface area contributed by atoms with Crippen molar-refractivity contribution in [3.8, 4) is 0 Å². The summed E-state index contributed by atoms with van der Waals surface area (Å²) in [7, 11) is 0. The molecular formula is C19H27N3O2. The van der Waals surface area contributed by atoms with Gasteiger partial charge in [0.1, 0.15) is 0 Å². The summed E-state index contributed by atoms with van der Waals surface area (Å²) in [6.07, 6.45) is 3.42. The average molecular weight is 329 g/mol. The smallest absolute Gasteiger partial charge is 0.253 e. The van der Waals surface area contributed by atoms with E-state index in [4.69, 9.17) is 0 Å². The lowest BCUT2D eigenvalue weighted by molar-refractivity contribution is -0.130. The van der Waals surface area contributed by atoms with Crippen molar-refractivity contribution in [3.63, 3.8) is 0 Å². The molecule has 5 heteroatoms. The van der Waals surface area contributed by atoms with Gasteiger partial charge >= 0.3 is 0 Å². The van der Waals surface area contributed by atoms with E-state index in [1.54, 1.807) is 0 Å². The first-order chi connectivity index (χ1) is 11.6. The summed E-state index contributed by atoms with van der Waals surface area (Å²) in [4.78, 5) is 28.7. The van der Waals surface area contributed by atoms with E-state index in [9.17, 15) is 9.59 Å². The lowest BCUT2D eigenvalue weighted by Crippen LogP contribution is -2.41. The molecule has 130 valence electrons. The van der Waals surface area contributed by atoms with Crippen LogP contribution in [0.25, 0.3) is 0 Å². The fraction of sp³-hybridized carbons (Fsp3) is 0.579. The van der Waals surface area contributed by atoms with Gasteiger partial charge in [-0.25, -0.2) is 0 Å². The highest BCUT2D eigenvalue weighted by Gasteiger charge is 2.24. The Morgan fingerprint density at radius 1 is 1.12 bits per heavy atom. The molecule has 1 aliphatic heterocycles. The van der Waals surface area contributed by atoms with Gasteiger partial charge in [0.05, 0.1) is 6.54 Å². The van der Waals surface area contributed by atoms with Crippen LogP contribution in [0.2, 0.25) is 0 Å². The first-order valence-electron chi connectivity index (χ1n) is 8.98. The number of aryl methyl sites for hydroxylation is 1. The first-order valence-corrected chi connectivity index (χ1v) is 8.98. The van der Waals surface area contributed by atoms with Crippen molar-refractivity contribution in [3.05, 3.63) is 35.4 Å². The summed E-state index contributed by atoms with van der Waals surface area (Å²) in [5.41, 5.74) is 1.83. The fourth-order valence-corrected chi connectivity index (χ4v) is 3.15. The van der Waals surface area contributed by atoms with E-state index in [2.05, 4.69) is 5.32 Å². The molecule has 1 saturated carbocycles. The number of hydrogen-bond acceptors (Lipinski definition) is 3. The summed E-state index contributed by atoms with van der Waals surface area (Å²) >= 11 is 0. The summed E-state index contributed by atoms with van der Waals surface area (Å²) < 4.78 is 0. The maximum atomic E-state index is 12.6. The van der Waals surface area contributed by atoms with Gasteiger partial charge in [-0.2, -0.15) is 0 Å². The second-order valence-corrected chi connectivity index (χ2v) is 6.97. The minimum Gasteiger partial charge on any atom is -0.340 e. The molecule has 1 saturated heterocycles. The zero-order valence-electron chi connectivity index (χ0n) is 14.5. The van der Waals surface area contributed by atoms with Crippen molar-refractivity contribution in [2.75, 3.05) is 39.3 Å². The van der Waals surface area contributed by atoms with Gasteiger partial charge in [-0.1, -0.05) is 17.7 Å². The van der Waals surface area contributed by atoms with Crippen LogP contribution < -0.4 is 5.32 Å². The Balaban J connectivity index is 1.50. The molecule has 0 radical (unpaired) electrons. The van der Waals surface area contributed by atoms with Gasteiger partial charge in [-0.15, -0.1) is 0 Å². The summed E-state index contributed by atoms with van der Waals surface area (Å²) in [5, 5.41) is 3.26. The topological polar surface area (TPSA) is 52.7 Å². The van der Waals surface area contributed by atoms with E-state index in [-0.39, 0.29) is 11.8 Å².